The summed E-state index contributed by atoms with van der Waals surface area (Å²) in [5, 5.41) is 0. The molecule has 3 heterocycles. The van der Waals surface area contributed by atoms with Crippen LogP contribution in [-0.4, -0.2) is 52.2 Å². The molecule has 1 fully saturated rings. The van der Waals surface area contributed by atoms with Crippen molar-refractivity contribution in [2.45, 2.75) is 45.3 Å². The van der Waals surface area contributed by atoms with Gasteiger partial charge in [-0.25, -0.2) is 14.8 Å². The highest BCUT2D eigenvalue weighted by Gasteiger charge is 2.34. The van der Waals surface area contributed by atoms with Gasteiger partial charge >= 0.3 is 6.09 Å². The quantitative estimate of drug-likeness (QED) is 0.498. The number of hydrogen-bond acceptors (Lipinski definition) is 7. The monoisotopic (exact) mass is 499 g/mol. The Morgan fingerprint density at radius 1 is 1.03 bits per heavy atom. The molecule has 0 spiro atoms. The second-order valence-electron chi connectivity index (χ2n) is 10.5. The number of likely N-dealkylation sites (tertiary alicyclic amines) is 1. The van der Waals surface area contributed by atoms with Crippen LogP contribution in [0.1, 0.15) is 44.7 Å². The van der Waals surface area contributed by atoms with Crippen molar-refractivity contribution < 1.29 is 14.3 Å². The maximum absolute atomic E-state index is 12.8. The molecule has 1 atom stereocenters. The van der Waals surface area contributed by atoms with E-state index >= 15 is 0 Å². The summed E-state index contributed by atoms with van der Waals surface area (Å²) < 4.78 is 11.6. The van der Waals surface area contributed by atoms with Gasteiger partial charge in [-0.15, -0.1) is 0 Å². The zero-order chi connectivity index (χ0) is 26.0. The second kappa shape index (κ2) is 10.1. The van der Waals surface area contributed by atoms with Crippen LogP contribution in [0.25, 0.3) is 11.6 Å². The smallest absolute Gasteiger partial charge is 0.410 e. The highest BCUT2D eigenvalue weighted by Crippen LogP contribution is 2.37. The van der Waals surface area contributed by atoms with Crippen molar-refractivity contribution in [3.63, 3.8) is 0 Å². The Kier molecular flexibility index (Phi) is 6.74. The SMILES string of the molecule is CC(C)(C)OC(=O)N1CCC[C@@H](N2CC(c3ccc(Oc4ccccc4)cc3)=Cc3c(N)ncnc32)C1. The van der Waals surface area contributed by atoms with E-state index in [0.717, 1.165) is 46.9 Å². The fourth-order valence-corrected chi connectivity index (χ4v) is 4.78. The average molecular weight is 500 g/mol. The lowest BCUT2D eigenvalue weighted by Gasteiger charge is -2.42. The molecule has 5 rings (SSSR count). The molecule has 2 aromatic carbocycles. The fraction of sp³-hybridized carbons (Fsp3) is 0.345. The van der Waals surface area contributed by atoms with Crippen LogP contribution in [0, 0.1) is 0 Å². The predicted molar refractivity (Wildman–Crippen MR) is 145 cm³/mol. The van der Waals surface area contributed by atoms with Crippen LogP contribution in [0.5, 0.6) is 11.5 Å². The van der Waals surface area contributed by atoms with E-state index in [1.807, 2.05) is 63.2 Å². The number of nitrogens with two attached hydrogens (primary N) is 1. The average Bonchev–Trinajstić information content (AvgIpc) is 2.89. The van der Waals surface area contributed by atoms with Crippen molar-refractivity contribution in [1.82, 2.24) is 14.9 Å². The van der Waals surface area contributed by atoms with E-state index in [1.165, 1.54) is 6.33 Å². The molecule has 0 bridgehead atoms. The summed E-state index contributed by atoms with van der Waals surface area (Å²) in [6, 6.07) is 17.9. The highest BCUT2D eigenvalue weighted by atomic mass is 16.6. The topological polar surface area (TPSA) is 93.8 Å². The van der Waals surface area contributed by atoms with Gasteiger partial charge < -0.3 is 25.0 Å². The van der Waals surface area contributed by atoms with Gasteiger partial charge in [-0.1, -0.05) is 30.3 Å². The maximum Gasteiger partial charge on any atom is 0.410 e. The molecule has 2 N–H and O–H groups in total. The number of ether oxygens (including phenoxy) is 2. The number of aromatic nitrogens is 2. The molecule has 8 heteroatoms. The van der Waals surface area contributed by atoms with Crippen molar-refractivity contribution in [1.29, 1.82) is 0 Å². The van der Waals surface area contributed by atoms with Gasteiger partial charge in [0.25, 0.3) is 0 Å². The van der Waals surface area contributed by atoms with Crippen molar-refractivity contribution >= 4 is 29.4 Å². The first-order chi connectivity index (χ1) is 17.8. The fourth-order valence-electron chi connectivity index (χ4n) is 4.78. The van der Waals surface area contributed by atoms with Gasteiger partial charge in [0.15, 0.2) is 0 Å². The number of hydrogen-bond donors (Lipinski definition) is 1. The lowest BCUT2D eigenvalue weighted by atomic mass is 9.95. The van der Waals surface area contributed by atoms with E-state index in [4.69, 9.17) is 15.2 Å². The number of amides is 1. The van der Waals surface area contributed by atoms with Crippen LogP contribution in [0.3, 0.4) is 0 Å². The van der Waals surface area contributed by atoms with E-state index < -0.39 is 5.60 Å². The first-order valence-electron chi connectivity index (χ1n) is 12.7. The molecular weight excluding hydrogens is 466 g/mol. The number of nitrogen functional groups attached to an aromatic ring is 1. The van der Waals surface area contributed by atoms with Gasteiger partial charge in [-0.05, 0) is 75.1 Å². The third kappa shape index (κ3) is 5.69. The third-order valence-corrected chi connectivity index (χ3v) is 6.52. The van der Waals surface area contributed by atoms with Crippen LogP contribution < -0.4 is 15.4 Å². The molecule has 0 saturated carbocycles. The van der Waals surface area contributed by atoms with Crippen LogP contribution in [-0.2, 0) is 4.74 Å². The van der Waals surface area contributed by atoms with Crippen molar-refractivity contribution in [2.24, 2.45) is 0 Å². The molecule has 1 saturated heterocycles. The van der Waals surface area contributed by atoms with Gasteiger partial charge in [0.05, 0.1) is 5.56 Å². The molecule has 2 aliphatic heterocycles. The molecule has 0 unspecified atom stereocenters. The lowest BCUT2D eigenvalue weighted by molar-refractivity contribution is 0.0198. The largest absolute Gasteiger partial charge is 0.457 e. The number of para-hydroxylation sites is 1. The molecule has 37 heavy (non-hydrogen) atoms. The summed E-state index contributed by atoms with van der Waals surface area (Å²) in [5.41, 5.74) is 8.75. The van der Waals surface area contributed by atoms with E-state index in [0.29, 0.717) is 25.5 Å². The number of fused-ring (bicyclic) bond motifs is 1. The van der Waals surface area contributed by atoms with E-state index in [9.17, 15) is 4.79 Å². The Hall–Kier alpha value is -4.07. The summed E-state index contributed by atoms with van der Waals surface area (Å²) >= 11 is 0. The molecule has 0 radical (unpaired) electrons. The molecule has 0 aliphatic carbocycles. The summed E-state index contributed by atoms with van der Waals surface area (Å²) in [5.74, 6) is 2.81. The van der Waals surface area contributed by atoms with Gasteiger partial charge in [-0.2, -0.15) is 0 Å². The molecule has 192 valence electrons. The number of piperidine rings is 1. The molecule has 3 aromatic rings. The Morgan fingerprint density at radius 2 is 1.76 bits per heavy atom. The van der Waals surface area contributed by atoms with Crippen molar-refractivity contribution in [2.75, 3.05) is 30.3 Å². The van der Waals surface area contributed by atoms with Gasteiger partial charge in [0.1, 0.15) is 35.1 Å². The Balaban J connectivity index is 1.39. The number of rotatable bonds is 4. The van der Waals surface area contributed by atoms with Gasteiger partial charge in [0.2, 0.25) is 0 Å². The van der Waals surface area contributed by atoms with E-state index in [2.05, 4.69) is 33.1 Å². The minimum Gasteiger partial charge on any atom is -0.457 e. The van der Waals surface area contributed by atoms with Crippen LogP contribution in [0.2, 0.25) is 0 Å². The first-order valence-corrected chi connectivity index (χ1v) is 12.7. The maximum atomic E-state index is 12.8. The Labute approximate surface area is 217 Å². The third-order valence-electron chi connectivity index (χ3n) is 6.52. The summed E-state index contributed by atoms with van der Waals surface area (Å²) in [6.45, 7) is 7.56. The molecule has 2 aliphatic rings. The molecule has 1 aromatic heterocycles. The number of benzene rings is 2. The Morgan fingerprint density at radius 3 is 2.49 bits per heavy atom. The standard InChI is InChI=1S/C29H33N5O3/c1-29(2,3)37-28(35)33-15-7-8-22(18-33)34-17-21(16-25-26(30)31-19-32-27(25)34)20-11-13-24(14-12-20)36-23-9-5-4-6-10-23/h4-6,9-14,16,19,22H,7-8,15,17-18H2,1-3H3,(H2,30,31,32)/t22-/m1/s1. The van der Waals surface area contributed by atoms with Crippen LogP contribution >= 0.6 is 0 Å². The molecule has 8 nitrogen and oxygen atoms in total. The van der Waals surface area contributed by atoms with Crippen molar-refractivity contribution in [3.05, 3.63) is 72.1 Å². The number of carbonyl (C=O) groups is 1. The summed E-state index contributed by atoms with van der Waals surface area (Å²) in [6.07, 6.45) is 5.13. The summed E-state index contributed by atoms with van der Waals surface area (Å²) in [4.78, 5) is 25.7. The summed E-state index contributed by atoms with van der Waals surface area (Å²) in [7, 11) is 0. The Bertz CT molecular complexity index is 1290. The second-order valence-corrected chi connectivity index (χ2v) is 10.5. The van der Waals surface area contributed by atoms with Gasteiger partial charge in [0, 0.05) is 25.7 Å². The zero-order valence-corrected chi connectivity index (χ0v) is 21.6. The van der Waals surface area contributed by atoms with Gasteiger partial charge in [-0.3, -0.25) is 0 Å². The minimum atomic E-state index is -0.532. The van der Waals surface area contributed by atoms with Crippen LogP contribution in [0.15, 0.2) is 60.9 Å². The number of nitrogens with zero attached hydrogens (tertiary/aromatic N) is 4. The number of carbonyl (C=O) groups excluding carboxylic acids is 1. The predicted octanol–water partition coefficient (Wildman–Crippen LogP) is 5.61. The van der Waals surface area contributed by atoms with E-state index in [-0.39, 0.29) is 12.1 Å². The normalized spacial score (nSPS) is 17.6. The van der Waals surface area contributed by atoms with Crippen molar-refractivity contribution in [3.8, 4) is 11.5 Å². The first kappa shape index (κ1) is 24.6. The lowest BCUT2D eigenvalue weighted by Crippen LogP contribution is -2.52. The molecular formula is C29H33N5O3. The van der Waals surface area contributed by atoms with Crippen LogP contribution in [0.4, 0.5) is 16.4 Å². The van der Waals surface area contributed by atoms with E-state index in [1.54, 1.807) is 4.90 Å². The highest BCUT2D eigenvalue weighted by molar-refractivity contribution is 5.93. The number of anilines is 2. The molecule has 1 amide bonds. The minimum absolute atomic E-state index is 0.0821. The zero-order valence-electron chi connectivity index (χ0n) is 21.6.